The molecule has 0 radical (unpaired) electrons. The predicted molar refractivity (Wildman–Crippen MR) is 95.6 cm³/mol. The fourth-order valence-electron chi connectivity index (χ4n) is 3.16. The van der Waals surface area contributed by atoms with E-state index >= 15 is 0 Å². The van der Waals surface area contributed by atoms with Crippen molar-refractivity contribution in [1.82, 2.24) is 4.90 Å². The lowest BCUT2D eigenvalue weighted by Crippen LogP contribution is -2.38. The lowest BCUT2D eigenvalue weighted by molar-refractivity contribution is -0.132. The second-order valence-electron chi connectivity index (χ2n) is 6.06. The lowest BCUT2D eigenvalue weighted by atomic mass is 10.0. The van der Waals surface area contributed by atoms with Gasteiger partial charge in [0.2, 0.25) is 5.91 Å². The van der Waals surface area contributed by atoms with Crippen LogP contribution in [0.3, 0.4) is 0 Å². The Morgan fingerprint density at radius 2 is 1.61 bits per heavy atom. The Balaban J connectivity index is 0.00000192. The summed E-state index contributed by atoms with van der Waals surface area (Å²) in [6, 6.07) is 18.3. The Morgan fingerprint density at radius 1 is 1.09 bits per heavy atom. The highest BCUT2D eigenvalue weighted by molar-refractivity contribution is 5.85. The Hall–Kier alpha value is -1.84. The van der Waals surface area contributed by atoms with E-state index in [1.165, 1.54) is 11.1 Å². The van der Waals surface area contributed by atoms with Crippen LogP contribution in [0.4, 0.5) is 0 Å². The molecule has 0 spiro atoms. The number of nitrogens with zero attached hydrogens (tertiary/aromatic N) is 1. The summed E-state index contributed by atoms with van der Waals surface area (Å²) in [5.41, 5.74) is 9.90. The van der Waals surface area contributed by atoms with Gasteiger partial charge in [0.15, 0.2) is 0 Å². The first-order chi connectivity index (χ1) is 10.6. The second kappa shape index (κ2) is 7.62. The third-order valence-electron chi connectivity index (χ3n) is 4.59. The van der Waals surface area contributed by atoms with Crippen LogP contribution >= 0.6 is 12.4 Å². The Morgan fingerprint density at radius 3 is 2.17 bits per heavy atom. The number of carbonyl (C=O) groups is 1. The average molecular weight is 331 g/mol. The first-order valence-corrected chi connectivity index (χ1v) is 7.78. The van der Waals surface area contributed by atoms with Crippen molar-refractivity contribution in [3.05, 3.63) is 71.3 Å². The third kappa shape index (κ3) is 3.92. The summed E-state index contributed by atoms with van der Waals surface area (Å²) in [6.45, 7) is 0. The molecule has 0 saturated carbocycles. The molecule has 4 heteroatoms. The zero-order valence-electron chi connectivity index (χ0n) is 13.3. The standard InChI is InChI=1S/C19H22N2O.ClH/c1-21(17-11-15-9-5-6-10-16(15)12-17)19(22)13-18(20)14-7-3-2-4-8-14;/h2-10,17-18H,11-13,20H2,1H3;1H. The van der Waals surface area contributed by atoms with Crippen LogP contribution in [0.15, 0.2) is 54.6 Å². The first-order valence-electron chi connectivity index (χ1n) is 7.78. The summed E-state index contributed by atoms with van der Waals surface area (Å²) in [5, 5.41) is 0. The molecule has 2 N–H and O–H groups in total. The van der Waals surface area contributed by atoms with Crippen molar-refractivity contribution in [3.63, 3.8) is 0 Å². The van der Waals surface area contributed by atoms with Gasteiger partial charge < -0.3 is 10.6 Å². The molecule has 1 atom stereocenters. The molecular weight excluding hydrogens is 308 g/mol. The minimum absolute atomic E-state index is 0. The van der Waals surface area contributed by atoms with Crippen LogP contribution in [0.1, 0.15) is 29.2 Å². The maximum Gasteiger partial charge on any atom is 0.224 e. The summed E-state index contributed by atoms with van der Waals surface area (Å²) in [6.07, 6.45) is 2.24. The van der Waals surface area contributed by atoms with Gasteiger partial charge in [0, 0.05) is 25.6 Å². The smallest absolute Gasteiger partial charge is 0.224 e. The summed E-state index contributed by atoms with van der Waals surface area (Å²) in [7, 11) is 1.90. The van der Waals surface area contributed by atoms with Gasteiger partial charge in [-0.05, 0) is 29.5 Å². The van der Waals surface area contributed by atoms with Crippen molar-refractivity contribution in [2.24, 2.45) is 5.73 Å². The SMILES string of the molecule is CN(C(=O)CC(N)c1ccccc1)C1Cc2ccccc2C1.Cl. The molecule has 0 bridgehead atoms. The van der Waals surface area contributed by atoms with Crippen molar-refractivity contribution in [2.75, 3.05) is 7.05 Å². The van der Waals surface area contributed by atoms with Crippen LogP contribution < -0.4 is 5.73 Å². The van der Waals surface area contributed by atoms with Crippen LogP contribution in [0, 0.1) is 0 Å². The molecule has 122 valence electrons. The van der Waals surface area contributed by atoms with Crippen LogP contribution in [0.25, 0.3) is 0 Å². The van der Waals surface area contributed by atoms with Gasteiger partial charge in [-0.25, -0.2) is 0 Å². The number of rotatable bonds is 4. The van der Waals surface area contributed by atoms with Gasteiger partial charge in [0.1, 0.15) is 0 Å². The summed E-state index contributed by atoms with van der Waals surface area (Å²) in [4.78, 5) is 14.4. The molecule has 0 fully saturated rings. The molecule has 1 aliphatic carbocycles. The molecule has 2 aromatic carbocycles. The quantitative estimate of drug-likeness (QED) is 0.936. The molecule has 1 amide bonds. The molecule has 3 nitrogen and oxygen atoms in total. The van der Waals surface area contributed by atoms with Crippen molar-refractivity contribution in [1.29, 1.82) is 0 Å². The fourth-order valence-corrected chi connectivity index (χ4v) is 3.16. The normalized spacial score (nSPS) is 14.7. The minimum atomic E-state index is -0.236. The largest absolute Gasteiger partial charge is 0.342 e. The summed E-state index contributed by atoms with van der Waals surface area (Å²) >= 11 is 0. The number of amides is 1. The first kappa shape index (κ1) is 17.5. The van der Waals surface area contributed by atoms with E-state index in [9.17, 15) is 4.79 Å². The number of hydrogen-bond donors (Lipinski definition) is 1. The van der Waals surface area contributed by atoms with Crippen molar-refractivity contribution in [2.45, 2.75) is 31.3 Å². The van der Waals surface area contributed by atoms with E-state index < -0.39 is 0 Å². The average Bonchev–Trinajstić information content (AvgIpc) is 2.98. The Labute approximate surface area is 143 Å². The highest BCUT2D eigenvalue weighted by Gasteiger charge is 2.27. The highest BCUT2D eigenvalue weighted by Crippen LogP contribution is 2.25. The maximum atomic E-state index is 12.5. The van der Waals surface area contributed by atoms with E-state index in [1.807, 2.05) is 42.3 Å². The number of nitrogens with two attached hydrogens (primary N) is 1. The fraction of sp³-hybridized carbons (Fsp3) is 0.316. The van der Waals surface area contributed by atoms with Gasteiger partial charge in [-0.3, -0.25) is 4.79 Å². The second-order valence-corrected chi connectivity index (χ2v) is 6.06. The number of benzene rings is 2. The predicted octanol–water partition coefficient (Wildman–Crippen LogP) is 3.12. The van der Waals surface area contributed by atoms with E-state index in [0.29, 0.717) is 6.42 Å². The van der Waals surface area contributed by atoms with Gasteiger partial charge >= 0.3 is 0 Å². The number of fused-ring (bicyclic) bond motifs is 1. The zero-order chi connectivity index (χ0) is 15.5. The van der Waals surface area contributed by atoms with Crippen LogP contribution in [-0.2, 0) is 17.6 Å². The zero-order valence-corrected chi connectivity index (χ0v) is 14.1. The molecule has 0 saturated heterocycles. The molecule has 0 aliphatic heterocycles. The minimum Gasteiger partial charge on any atom is -0.342 e. The number of carbonyl (C=O) groups excluding carboxylic acids is 1. The highest BCUT2D eigenvalue weighted by atomic mass is 35.5. The molecule has 1 unspecified atom stereocenters. The molecule has 23 heavy (non-hydrogen) atoms. The van der Waals surface area contributed by atoms with Gasteiger partial charge in [0.05, 0.1) is 0 Å². The number of likely N-dealkylation sites (N-methyl/N-ethyl adjacent to an activating group) is 1. The van der Waals surface area contributed by atoms with E-state index in [2.05, 4.69) is 24.3 Å². The number of halogens is 1. The van der Waals surface area contributed by atoms with E-state index in [1.54, 1.807) is 0 Å². The van der Waals surface area contributed by atoms with Gasteiger partial charge in [0.25, 0.3) is 0 Å². The van der Waals surface area contributed by atoms with Crippen molar-refractivity contribution >= 4 is 18.3 Å². The van der Waals surface area contributed by atoms with E-state index in [-0.39, 0.29) is 30.4 Å². The summed E-state index contributed by atoms with van der Waals surface area (Å²) < 4.78 is 0. The molecule has 3 rings (SSSR count). The molecule has 0 heterocycles. The van der Waals surface area contributed by atoms with Crippen LogP contribution in [-0.4, -0.2) is 23.9 Å². The van der Waals surface area contributed by atoms with E-state index in [4.69, 9.17) is 5.73 Å². The molecular formula is C19H23ClN2O. The Bertz CT molecular complexity index is 634. The van der Waals surface area contributed by atoms with Gasteiger partial charge in [-0.2, -0.15) is 0 Å². The van der Waals surface area contributed by atoms with Crippen molar-refractivity contribution in [3.8, 4) is 0 Å². The monoisotopic (exact) mass is 330 g/mol. The lowest BCUT2D eigenvalue weighted by Gasteiger charge is -2.26. The number of hydrogen-bond acceptors (Lipinski definition) is 2. The topological polar surface area (TPSA) is 46.3 Å². The molecule has 1 aliphatic rings. The van der Waals surface area contributed by atoms with Gasteiger partial charge in [-0.15, -0.1) is 12.4 Å². The molecule has 2 aromatic rings. The Kier molecular flexibility index (Phi) is 5.80. The maximum absolute atomic E-state index is 12.5. The van der Waals surface area contributed by atoms with Crippen molar-refractivity contribution < 1.29 is 4.79 Å². The van der Waals surface area contributed by atoms with Gasteiger partial charge in [-0.1, -0.05) is 54.6 Å². The third-order valence-corrected chi connectivity index (χ3v) is 4.59. The summed E-state index contributed by atoms with van der Waals surface area (Å²) in [5.74, 6) is 0.120. The van der Waals surface area contributed by atoms with Crippen LogP contribution in [0.2, 0.25) is 0 Å². The van der Waals surface area contributed by atoms with E-state index in [0.717, 1.165) is 18.4 Å². The molecule has 0 aromatic heterocycles. The van der Waals surface area contributed by atoms with Crippen LogP contribution in [0.5, 0.6) is 0 Å².